The third-order valence-electron chi connectivity index (χ3n) is 2.70. The Morgan fingerprint density at radius 3 is 2.82 bits per heavy atom. The van der Waals surface area contributed by atoms with Crippen LogP contribution >= 0.6 is 11.8 Å². The molecule has 96 valence electrons. The van der Waals surface area contributed by atoms with E-state index in [1.165, 1.54) is 18.1 Å². The normalized spacial score (nSPS) is 16.5. The Morgan fingerprint density at radius 2 is 2.41 bits per heavy atom. The van der Waals surface area contributed by atoms with Crippen molar-refractivity contribution in [3.63, 3.8) is 0 Å². The summed E-state index contributed by atoms with van der Waals surface area (Å²) < 4.78 is 1.68. The summed E-state index contributed by atoms with van der Waals surface area (Å²) in [6, 6.07) is 0. The number of nitrogens with one attached hydrogen (secondary N) is 1. The molecule has 0 spiro atoms. The van der Waals surface area contributed by atoms with Crippen LogP contribution in [0.5, 0.6) is 0 Å². The zero-order valence-electron chi connectivity index (χ0n) is 10.5. The minimum Gasteiger partial charge on any atom is -0.480 e. The molecule has 0 aliphatic heterocycles. The van der Waals surface area contributed by atoms with Gasteiger partial charge in [0.25, 0.3) is 0 Å². The largest absolute Gasteiger partial charge is 0.480 e. The van der Waals surface area contributed by atoms with E-state index in [2.05, 4.69) is 15.4 Å². The fourth-order valence-corrected chi connectivity index (χ4v) is 2.57. The molecule has 0 radical (unpaired) electrons. The van der Waals surface area contributed by atoms with Crippen LogP contribution in [0.15, 0.2) is 11.5 Å². The van der Waals surface area contributed by atoms with Gasteiger partial charge >= 0.3 is 5.97 Å². The van der Waals surface area contributed by atoms with Crippen molar-refractivity contribution in [3.8, 4) is 0 Å². The zero-order valence-corrected chi connectivity index (χ0v) is 11.3. The standard InChI is InChI=1S/C10H18N4O2S/c1-7(5-10(2,11-3)8(15)16)17-9-12-6-13-14(9)4/h6-7,11H,5H2,1-4H3,(H,15,16). The van der Waals surface area contributed by atoms with Crippen molar-refractivity contribution in [3.05, 3.63) is 6.33 Å². The summed E-state index contributed by atoms with van der Waals surface area (Å²) in [7, 11) is 3.48. The molecule has 1 heterocycles. The van der Waals surface area contributed by atoms with Gasteiger partial charge in [-0.05, 0) is 20.4 Å². The average Bonchev–Trinajstić information content (AvgIpc) is 2.63. The molecule has 0 aliphatic rings. The second-order valence-corrected chi connectivity index (χ2v) is 5.59. The first-order valence-electron chi connectivity index (χ1n) is 5.32. The number of hydrogen-bond donors (Lipinski definition) is 2. The maximum absolute atomic E-state index is 11.2. The van der Waals surface area contributed by atoms with Crippen LogP contribution in [0.2, 0.25) is 0 Å². The number of carboxylic acids is 1. The van der Waals surface area contributed by atoms with Crippen LogP contribution in [-0.2, 0) is 11.8 Å². The van der Waals surface area contributed by atoms with Crippen molar-refractivity contribution in [1.29, 1.82) is 0 Å². The molecular weight excluding hydrogens is 240 g/mol. The van der Waals surface area contributed by atoms with Gasteiger partial charge in [0.2, 0.25) is 0 Å². The number of aromatic nitrogens is 3. The molecule has 0 amide bonds. The summed E-state index contributed by atoms with van der Waals surface area (Å²) in [6.45, 7) is 3.67. The summed E-state index contributed by atoms with van der Waals surface area (Å²) in [5.41, 5.74) is -0.912. The molecular formula is C10H18N4O2S. The van der Waals surface area contributed by atoms with Crippen LogP contribution in [0.1, 0.15) is 20.3 Å². The Bertz CT molecular complexity index is 395. The topological polar surface area (TPSA) is 80.0 Å². The van der Waals surface area contributed by atoms with Gasteiger partial charge in [-0.15, -0.1) is 0 Å². The van der Waals surface area contributed by atoms with E-state index in [0.29, 0.717) is 6.42 Å². The van der Waals surface area contributed by atoms with Gasteiger partial charge in [-0.2, -0.15) is 5.10 Å². The highest BCUT2D eigenvalue weighted by Gasteiger charge is 2.33. The molecule has 1 aromatic rings. The lowest BCUT2D eigenvalue weighted by atomic mass is 9.97. The lowest BCUT2D eigenvalue weighted by molar-refractivity contribution is -0.144. The van der Waals surface area contributed by atoms with Gasteiger partial charge in [0.1, 0.15) is 11.9 Å². The highest BCUT2D eigenvalue weighted by atomic mass is 32.2. The first-order valence-corrected chi connectivity index (χ1v) is 6.20. The SMILES string of the molecule is CNC(C)(CC(C)Sc1ncnn1C)C(=O)O. The van der Waals surface area contributed by atoms with E-state index >= 15 is 0 Å². The van der Waals surface area contributed by atoms with Gasteiger partial charge in [-0.25, -0.2) is 9.67 Å². The zero-order chi connectivity index (χ0) is 13.1. The fraction of sp³-hybridized carbons (Fsp3) is 0.700. The van der Waals surface area contributed by atoms with E-state index in [9.17, 15) is 4.79 Å². The Kier molecular flexibility index (Phi) is 4.53. The molecule has 0 aliphatic carbocycles. The van der Waals surface area contributed by atoms with Crippen molar-refractivity contribution in [2.45, 2.75) is 36.2 Å². The molecule has 1 rings (SSSR count). The Balaban J connectivity index is 2.63. The molecule has 7 heteroatoms. The Morgan fingerprint density at radius 1 is 1.76 bits per heavy atom. The average molecular weight is 258 g/mol. The molecule has 0 aromatic carbocycles. The van der Waals surface area contributed by atoms with Crippen LogP contribution in [0.3, 0.4) is 0 Å². The number of nitrogens with zero attached hydrogens (tertiary/aromatic N) is 3. The lowest BCUT2D eigenvalue weighted by Gasteiger charge is -2.26. The molecule has 2 unspecified atom stereocenters. The van der Waals surface area contributed by atoms with Crippen LogP contribution in [0.4, 0.5) is 0 Å². The van der Waals surface area contributed by atoms with Crippen LogP contribution < -0.4 is 5.32 Å². The number of thioether (sulfide) groups is 1. The molecule has 1 aromatic heterocycles. The minimum absolute atomic E-state index is 0.131. The van der Waals surface area contributed by atoms with Crippen molar-refractivity contribution in [2.75, 3.05) is 7.05 Å². The monoisotopic (exact) mass is 258 g/mol. The van der Waals surface area contributed by atoms with Crippen molar-refractivity contribution in [1.82, 2.24) is 20.1 Å². The van der Waals surface area contributed by atoms with E-state index in [4.69, 9.17) is 5.11 Å². The summed E-state index contributed by atoms with van der Waals surface area (Å²) in [4.78, 5) is 15.3. The van der Waals surface area contributed by atoms with E-state index < -0.39 is 11.5 Å². The lowest BCUT2D eigenvalue weighted by Crippen LogP contribution is -2.49. The third-order valence-corrected chi connectivity index (χ3v) is 3.85. The summed E-state index contributed by atoms with van der Waals surface area (Å²) in [5, 5.41) is 16.9. The predicted octanol–water partition coefficient (Wildman–Crippen LogP) is 0.748. The van der Waals surface area contributed by atoms with Gasteiger partial charge in [0, 0.05) is 12.3 Å². The maximum Gasteiger partial charge on any atom is 0.323 e. The quantitative estimate of drug-likeness (QED) is 0.733. The van der Waals surface area contributed by atoms with E-state index in [1.54, 1.807) is 18.7 Å². The number of hydrogen-bond acceptors (Lipinski definition) is 5. The molecule has 0 saturated heterocycles. The molecule has 0 bridgehead atoms. The highest BCUT2D eigenvalue weighted by Crippen LogP contribution is 2.26. The first kappa shape index (κ1) is 14.0. The Labute approximate surface area is 105 Å². The first-order chi connectivity index (χ1) is 7.89. The molecule has 2 atom stereocenters. The molecule has 2 N–H and O–H groups in total. The van der Waals surface area contributed by atoms with Crippen molar-refractivity contribution in [2.24, 2.45) is 7.05 Å². The highest BCUT2D eigenvalue weighted by molar-refractivity contribution is 7.99. The fourth-order valence-electron chi connectivity index (χ4n) is 1.49. The molecule has 0 saturated carbocycles. The number of aliphatic carboxylic acids is 1. The number of likely N-dealkylation sites (N-methyl/N-ethyl adjacent to an activating group) is 1. The van der Waals surface area contributed by atoms with Crippen molar-refractivity contribution >= 4 is 17.7 Å². The second kappa shape index (κ2) is 5.50. The summed E-state index contributed by atoms with van der Waals surface area (Å²) in [5.74, 6) is -0.842. The van der Waals surface area contributed by atoms with E-state index in [-0.39, 0.29) is 5.25 Å². The van der Waals surface area contributed by atoms with Gasteiger partial charge in [-0.1, -0.05) is 18.7 Å². The molecule has 17 heavy (non-hydrogen) atoms. The number of carboxylic acid groups (broad SMARTS) is 1. The van der Waals surface area contributed by atoms with Crippen molar-refractivity contribution < 1.29 is 9.90 Å². The number of aryl methyl sites for hydroxylation is 1. The second-order valence-electron chi connectivity index (χ2n) is 4.19. The van der Waals surface area contributed by atoms with Crippen LogP contribution in [-0.4, -0.2) is 43.7 Å². The van der Waals surface area contributed by atoms with Crippen LogP contribution in [0.25, 0.3) is 0 Å². The van der Waals surface area contributed by atoms with Gasteiger partial charge in [-0.3, -0.25) is 4.79 Å². The van der Waals surface area contributed by atoms with Crippen LogP contribution in [0, 0.1) is 0 Å². The number of rotatable bonds is 6. The van der Waals surface area contributed by atoms with Gasteiger partial charge in [0.15, 0.2) is 5.16 Å². The summed E-state index contributed by atoms with van der Waals surface area (Å²) in [6.07, 6.45) is 2.00. The van der Waals surface area contributed by atoms with E-state index in [1.807, 2.05) is 14.0 Å². The minimum atomic E-state index is -0.912. The molecule has 0 fully saturated rings. The molecule has 6 nitrogen and oxygen atoms in total. The van der Waals surface area contributed by atoms with E-state index in [0.717, 1.165) is 5.16 Å². The van der Waals surface area contributed by atoms with Gasteiger partial charge < -0.3 is 10.4 Å². The number of carbonyl (C=O) groups is 1. The Hall–Kier alpha value is -1.08. The summed E-state index contributed by atoms with van der Waals surface area (Å²) >= 11 is 1.52. The maximum atomic E-state index is 11.2. The predicted molar refractivity (Wildman–Crippen MR) is 66.0 cm³/mol. The third kappa shape index (κ3) is 3.44. The smallest absolute Gasteiger partial charge is 0.323 e. The van der Waals surface area contributed by atoms with Gasteiger partial charge in [0.05, 0.1) is 0 Å².